The van der Waals surface area contributed by atoms with E-state index in [1.54, 1.807) is 9.58 Å². The Balaban J connectivity index is 1.69. The number of likely N-dealkylation sites (N-methyl/N-ethyl adjacent to an activating group) is 1. The maximum Gasteiger partial charge on any atom is 0.254 e. The van der Waals surface area contributed by atoms with E-state index >= 15 is 0 Å². The Kier molecular flexibility index (Phi) is 5.11. The second-order valence-corrected chi connectivity index (χ2v) is 8.42. The van der Waals surface area contributed by atoms with E-state index in [2.05, 4.69) is 27.1 Å². The number of aromatic nitrogens is 3. The Hall–Kier alpha value is -2.77. The number of benzene rings is 1. The molecule has 1 saturated heterocycles. The van der Waals surface area contributed by atoms with Gasteiger partial charge in [-0.1, -0.05) is 30.3 Å². The molecule has 2 atom stereocenters. The highest BCUT2D eigenvalue weighted by molar-refractivity contribution is 6.06. The maximum absolute atomic E-state index is 13.5. The second kappa shape index (κ2) is 7.49. The number of aliphatic hydroxyl groups is 1. The van der Waals surface area contributed by atoms with Crippen LogP contribution in [0.4, 0.5) is 0 Å². The predicted octanol–water partition coefficient (Wildman–Crippen LogP) is 2.25. The molecular formula is C23H29N5O2. The van der Waals surface area contributed by atoms with Gasteiger partial charge in [-0.3, -0.25) is 14.4 Å². The Labute approximate surface area is 176 Å². The summed E-state index contributed by atoms with van der Waals surface area (Å²) >= 11 is 0. The van der Waals surface area contributed by atoms with Crippen LogP contribution in [-0.4, -0.2) is 68.9 Å². The number of hydrogen-bond acceptors (Lipinski definition) is 5. The van der Waals surface area contributed by atoms with Gasteiger partial charge in [-0.2, -0.15) is 5.10 Å². The van der Waals surface area contributed by atoms with Gasteiger partial charge in [0.15, 0.2) is 5.65 Å². The summed E-state index contributed by atoms with van der Waals surface area (Å²) in [5.41, 5.74) is 3.42. The Morgan fingerprint density at radius 3 is 2.57 bits per heavy atom. The zero-order chi connectivity index (χ0) is 21.6. The van der Waals surface area contributed by atoms with Crippen LogP contribution in [0.5, 0.6) is 0 Å². The fourth-order valence-electron chi connectivity index (χ4n) is 4.86. The number of fused-ring (bicyclic) bond motifs is 1. The van der Waals surface area contributed by atoms with Crippen molar-refractivity contribution in [1.29, 1.82) is 0 Å². The van der Waals surface area contributed by atoms with Crippen LogP contribution in [0.2, 0.25) is 0 Å². The third-order valence-corrected chi connectivity index (χ3v) is 6.39. The molecule has 0 radical (unpaired) electrons. The molecule has 1 aliphatic rings. The summed E-state index contributed by atoms with van der Waals surface area (Å²) in [5.74, 6) is -0.0823. The smallest absolute Gasteiger partial charge is 0.254 e. The summed E-state index contributed by atoms with van der Waals surface area (Å²) in [5, 5.41) is 16.5. The summed E-state index contributed by atoms with van der Waals surface area (Å²) < 4.78 is 1.71. The first-order chi connectivity index (χ1) is 14.3. The van der Waals surface area contributed by atoms with E-state index in [0.717, 1.165) is 22.3 Å². The van der Waals surface area contributed by atoms with Crippen LogP contribution in [-0.2, 0) is 12.6 Å². The molecule has 4 rings (SSSR count). The molecule has 158 valence electrons. The van der Waals surface area contributed by atoms with Crippen LogP contribution in [0.1, 0.15) is 33.7 Å². The number of pyridine rings is 1. The van der Waals surface area contributed by atoms with Crippen molar-refractivity contribution in [3.8, 4) is 0 Å². The summed E-state index contributed by atoms with van der Waals surface area (Å²) in [4.78, 5) is 21.9. The van der Waals surface area contributed by atoms with Crippen molar-refractivity contribution < 1.29 is 9.90 Å². The number of carbonyl (C=O) groups excluding carboxylic acids is 1. The highest BCUT2D eigenvalue weighted by Crippen LogP contribution is 2.38. The molecule has 7 nitrogen and oxygen atoms in total. The minimum absolute atomic E-state index is 0.0823. The number of rotatable bonds is 3. The SMILES string of the molecule is Cc1cc(C(=O)N2CC[C@@](c3ccccc3)(N(C)C)[C@H](O)C2)c2c(C)nn(C)c2n1. The number of piperidine rings is 1. The summed E-state index contributed by atoms with van der Waals surface area (Å²) in [6, 6.07) is 11.9. The minimum atomic E-state index is -0.707. The number of carbonyl (C=O) groups is 1. The summed E-state index contributed by atoms with van der Waals surface area (Å²) in [6.45, 7) is 4.61. The number of aliphatic hydroxyl groups excluding tert-OH is 1. The molecule has 30 heavy (non-hydrogen) atoms. The quantitative estimate of drug-likeness (QED) is 0.721. The Bertz CT molecular complexity index is 1090. The zero-order valence-electron chi connectivity index (χ0n) is 18.3. The molecule has 0 aliphatic carbocycles. The average molecular weight is 408 g/mol. The van der Waals surface area contributed by atoms with Gasteiger partial charge in [0.05, 0.1) is 28.3 Å². The molecule has 1 amide bonds. The molecule has 1 aromatic carbocycles. The molecule has 0 spiro atoms. The molecule has 3 aromatic rings. The lowest BCUT2D eigenvalue weighted by atomic mass is 9.77. The van der Waals surface area contributed by atoms with Gasteiger partial charge in [0.2, 0.25) is 0 Å². The highest BCUT2D eigenvalue weighted by Gasteiger charge is 2.46. The van der Waals surface area contributed by atoms with Crippen LogP contribution in [0, 0.1) is 13.8 Å². The van der Waals surface area contributed by atoms with Crippen molar-refractivity contribution in [2.45, 2.75) is 31.9 Å². The van der Waals surface area contributed by atoms with Gasteiger partial charge < -0.3 is 10.0 Å². The van der Waals surface area contributed by atoms with Gasteiger partial charge in [-0.15, -0.1) is 0 Å². The predicted molar refractivity (Wildman–Crippen MR) is 116 cm³/mol. The number of amides is 1. The number of β-amino-alcohol motifs (C(OH)–C–C–N with tert-alkyl or cyclic N) is 1. The van der Waals surface area contributed by atoms with Crippen molar-refractivity contribution in [2.75, 3.05) is 27.2 Å². The van der Waals surface area contributed by atoms with Crippen molar-refractivity contribution >= 4 is 16.9 Å². The van der Waals surface area contributed by atoms with E-state index in [1.165, 1.54) is 0 Å². The fraction of sp³-hybridized carbons (Fsp3) is 0.435. The molecule has 3 heterocycles. The molecule has 1 N–H and O–H groups in total. The van der Waals surface area contributed by atoms with Gasteiger partial charge in [0, 0.05) is 25.8 Å². The maximum atomic E-state index is 13.5. The molecule has 0 unspecified atom stereocenters. The van der Waals surface area contributed by atoms with Crippen molar-refractivity contribution in [3.63, 3.8) is 0 Å². The van der Waals surface area contributed by atoms with Crippen LogP contribution in [0.25, 0.3) is 11.0 Å². The first-order valence-electron chi connectivity index (χ1n) is 10.3. The van der Waals surface area contributed by atoms with Crippen LogP contribution >= 0.6 is 0 Å². The third kappa shape index (κ3) is 3.09. The van der Waals surface area contributed by atoms with Gasteiger partial charge in [-0.05, 0) is 46.0 Å². The fourth-order valence-corrected chi connectivity index (χ4v) is 4.86. The van der Waals surface area contributed by atoms with Gasteiger partial charge >= 0.3 is 0 Å². The van der Waals surface area contributed by atoms with E-state index in [1.807, 2.05) is 59.3 Å². The minimum Gasteiger partial charge on any atom is -0.389 e. The third-order valence-electron chi connectivity index (χ3n) is 6.39. The first kappa shape index (κ1) is 20.5. The molecule has 2 aromatic heterocycles. The molecule has 1 aliphatic heterocycles. The number of aryl methyl sites for hydroxylation is 3. The summed E-state index contributed by atoms with van der Waals surface area (Å²) in [6.07, 6.45) is -0.0584. The molecule has 0 bridgehead atoms. The van der Waals surface area contributed by atoms with E-state index in [9.17, 15) is 9.90 Å². The van der Waals surface area contributed by atoms with Gasteiger partial charge in [0.25, 0.3) is 5.91 Å². The van der Waals surface area contributed by atoms with E-state index < -0.39 is 11.6 Å². The molecule has 1 fully saturated rings. The monoisotopic (exact) mass is 407 g/mol. The lowest BCUT2D eigenvalue weighted by Gasteiger charge is -2.49. The Morgan fingerprint density at radius 2 is 1.93 bits per heavy atom. The lowest BCUT2D eigenvalue weighted by molar-refractivity contribution is -0.0611. The number of likely N-dealkylation sites (tertiary alicyclic amines) is 1. The molecular weight excluding hydrogens is 378 g/mol. The second-order valence-electron chi connectivity index (χ2n) is 8.42. The van der Waals surface area contributed by atoms with Gasteiger partial charge in [0.1, 0.15) is 0 Å². The van der Waals surface area contributed by atoms with Gasteiger partial charge in [-0.25, -0.2) is 4.98 Å². The van der Waals surface area contributed by atoms with Crippen LogP contribution in [0.15, 0.2) is 36.4 Å². The standard InChI is InChI=1S/C23H29N5O2/c1-15-13-18(20-16(2)25-27(5)21(20)24-15)22(30)28-12-11-23(26(3)4,19(29)14-28)17-9-7-6-8-10-17/h6-10,13,19,29H,11-12,14H2,1-5H3/t19-,23+/m1/s1. The normalized spacial score (nSPS) is 22.1. The highest BCUT2D eigenvalue weighted by atomic mass is 16.3. The Morgan fingerprint density at radius 1 is 1.23 bits per heavy atom. The lowest BCUT2D eigenvalue weighted by Crippen LogP contribution is -2.60. The van der Waals surface area contributed by atoms with E-state index in [-0.39, 0.29) is 12.5 Å². The van der Waals surface area contributed by atoms with Crippen LogP contribution < -0.4 is 0 Å². The molecule has 0 saturated carbocycles. The van der Waals surface area contributed by atoms with Crippen LogP contribution in [0.3, 0.4) is 0 Å². The first-order valence-corrected chi connectivity index (χ1v) is 10.3. The summed E-state index contributed by atoms with van der Waals surface area (Å²) in [7, 11) is 5.82. The van der Waals surface area contributed by atoms with E-state index in [4.69, 9.17) is 0 Å². The largest absolute Gasteiger partial charge is 0.389 e. The van der Waals surface area contributed by atoms with Crippen molar-refractivity contribution in [2.24, 2.45) is 7.05 Å². The molecule has 7 heteroatoms. The van der Waals surface area contributed by atoms with Crippen molar-refractivity contribution in [3.05, 3.63) is 58.9 Å². The number of hydrogen-bond donors (Lipinski definition) is 1. The number of nitrogens with zero attached hydrogens (tertiary/aromatic N) is 5. The van der Waals surface area contributed by atoms with E-state index in [0.29, 0.717) is 24.2 Å². The zero-order valence-corrected chi connectivity index (χ0v) is 18.3. The topological polar surface area (TPSA) is 74.5 Å². The van der Waals surface area contributed by atoms with Crippen molar-refractivity contribution in [1.82, 2.24) is 24.6 Å². The average Bonchev–Trinajstić information content (AvgIpc) is 3.00.